The number of nitrogens with zero attached hydrogens (tertiary/aromatic N) is 1. The zero-order chi connectivity index (χ0) is 18.1. The van der Waals surface area contributed by atoms with Crippen LogP contribution in [0.4, 0.5) is 0 Å². The molecular weight excluding hydrogens is 453 g/mol. The summed E-state index contributed by atoms with van der Waals surface area (Å²) in [6.07, 6.45) is 4.59. The molecule has 1 aromatic carbocycles. The van der Waals surface area contributed by atoms with Gasteiger partial charge in [0.1, 0.15) is 0 Å². The van der Waals surface area contributed by atoms with E-state index in [0.717, 1.165) is 64.9 Å². The van der Waals surface area contributed by atoms with E-state index in [1.807, 2.05) is 0 Å². The normalized spacial score (nSPS) is 20.8. The summed E-state index contributed by atoms with van der Waals surface area (Å²) in [5, 5.41) is 6.79. The Labute approximate surface area is 180 Å². The van der Waals surface area contributed by atoms with Crippen molar-refractivity contribution in [2.24, 2.45) is 10.9 Å². The minimum Gasteiger partial charge on any atom is -0.381 e. The van der Waals surface area contributed by atoms with Gasteiger partial charge in [0, 0.05) is 37.6 Å². The van der Waals surface area contributed by atoms with Crippen LogP contribution in [0, 0.1) is 5.92 Å². The smallest absolute Gasteiger partial charge is 0.191 e. The quantitative estimate of drug-likeness (QED) is 0.230. The lowest BCUT2D eigenvalue weighted by molar-refractivity contribution is 0.0888. The van der Waals surface area contributed by atoms with Gasteiger partial charge in [-0.2, -0.15) is 0 Å². The van der Waals surface area contributed by atoms with Crippen LogP contribution in [0.25, 0.3) is 0 Å². The number of ether oxygens (including phenoxy) is 2. The first-order valence-electron chi connectivity index (χ1n) is 10.1. The van der Waals surface area contributed by atoms with Crippen molar-refractivity contribution in [3.05, 3.63) is 35.9 Å². The van der Waals surface area contributed by atoms with E-state index in [9.17, 15) is 0 Å². The second kappa shape index (κ2) is 11.9. The molecule has 0 radical (unpaired) electrons. The maximum Gasteiger partial charge on any atom is 0.191 e. The zero-order valence-electron chi connectivity index (χ0n) is 16.4. The number of benzene rings is 1. The van der Waals surface area contributed by atoms with E-state index in [1.54, 1.807) is 0 Å². The highest BCUT2D eigenvalue weighted by Crippen LogP contribution is 2.48. The number of hydrogen-bond acceptors (Lipinski definition) is 3. The highest BCUT2D eigenvalue weighted by atomic mass is 127. The number of halogens is 1. The van der Waals surface area contributed by atoms with E-state index in [0.29, 0.717) is 5.92 Å². The van der Waals surface area contributed by atoms with Gasteiger partial charge in [0.2, 0.25) is 0 Å². The summed E-state index contributed by atoms with van der Waals surface area (Å²) in [6.45, 7) is 8.08. The van der Waals surface area contributed by atoms with Gasteiger partial charge in [-0.1, -0.05) is 30.3 Å². The molecule has 0 spiro atoms. The lowest BCUT2D eigenvalue weighted by atomic mass is 9.96. The molecule has 0 aromatic heterocycles. The predicted molar refractivity (Wildman–Crippen MR) is 121 cm³/mol. The lowest BCUT2D eigenvalue weighted by Gasteiger charge is -2.16. The van der Waals surface area contributed by atoms with Crippen molar-refractivity contribution < 1.29 is 9.47 Å². The van der Waals surface area contributed by atoms with Crippen LogP contribution in [0.3, 0.4) is 0 Å². The average Bonchev–Trinajstić information content (AvgIpc) is 3.29. The molecule has 2 aliphatic rings. The second-order valence-electron chi connectivity index (χ2n) is 7.43. The Hall–Kier alpha value is -0.860. The fourth-order valence-electron chi connectivity index (χ4n) is 3.40. The minimum absolute atomic E-state index is 0. The molecule has 1 atom stereocenters. The summed E-state index contributed by atoms with van der Waals surface area (Å²) in [7, 11) is 0. The maximum atomic E-state index is 5.76. The number of guanidine groups is 1. The SMILES string of the molecule is CCNC(=NCC1(c2ccccc2)CC1)NCCCOCC1CCOC1.I. The molecule has 6 heteroatoms. The third kappa shape index (κ3) is 7.23. The van der Waals surface area contributed by atoms with Crippen LogP contribution in [0.15, 0.2) is 35.3 Å². The third-order valence-corrected chi connectivity index (χ3v) is 5.26. The van der Waals surface area contributed by atoms with Gasteiger partial charge < -0.3 is 20.1 Å². The summed E-state index contributed by atoms with van der Waals surface area (Å²) in [4.78, 5) is 4.84. The third-order valence-electron chi connectivity index (χ3n) is 5.26. The Kier molecular flexibility index (Phi) is 9.86. The van der Waals surface area contributed by atoms with Crippen LogP contribution in [-0.2, 0) is 14.9 Å². The molecule has 27 heavy (non-hydrogen) atoms. The molecule has 1 aromatic rings. The van der Waals surface area contributed by atoms with Crippen molar-refractivity contribution in [3.63, 3.8) is 0 Å². The van der Waals surface area contributed by atoms with Crippen LogP contribution < -0.4 is 10.6 Å². The summed E-state index contributed by atoms with van der Waals surface area (Å²) < 4.78 is 11.1. The van der Waals surface area contributed by atoms with Crippen LogP contribution >= 0.6 is 24.0 Å². The largest absolute Gasteiger partial charge is 0.381 e. The molecule has 1 saturated heterocycles. The molecule has 1 aliphatic heterocycles. The minimum atomic E-state index is 0. The summed E-state index contributed by atoms with van der Waals surface area (Å²) >= 11 is 0. The molecule has 2 N–H and O–H groups in total. The Morgan fingerprint density at radius 1 is 1.26 bits per heavy atom. The topological polar surface area (TPSA) is 54.9 Å². The average molecular weight is 487 g/mol. The van der Waals surface area contributed by atoms with Gasteiger partial charge in [0.25, 0.3) is 0 Å². The van der Waals surface area contributed by atoms with E-state index in [2.05, 4.69) is 47.9 Å². The number of hydrogen-bond donors (Lipinski definition) is 2. The highest BCUT2D eigenvalue weighted by molar-refractivity contribution is 14.0. The van der Waals surface area contributed by atoms with Gasteiger partial charge in [-0.25, -0.2) is 0 Å². The van der Waals surface area contributed by atoms with E-state index >= 15 is 0 Å². The van der Waals surface area contributed by atoms with Crippen LogP contribution in [0.2, 0.25) is 0 Å². The van der Waals surface area contributed by atoms with Crippen molar-refractivity contribution in [2.45, 2.75) is 38.0 Å². The Morgan fingerprint density at radius 2 is 2.07 bits per heavy atom. The predicted octanol–water partition coefficient (Wildman–Crippen LogP) is 3.33. The summed E-state index contributed by atoms with van der Waals surface area (Å²) in [6, 6.07) is 10.8. The van der Waals surface area contributed by atoms with Gasteiger partial charge in [-0.3, -0.25) is 4.99 Å². The van der Waals surface area contributed by atoms with E-state index in [4.69, 9.17) is 14.5 Å². The standard InChI is InChI=1S/C21H33N3O2.HI/c1-2-22-20(23-12-6-13-25-15-18-9-14-26-16-18)24-17-21(10-11-21)19-7-4-3-5-8-19;/h3-5,7-8,18H,2,6,9-17H2,1H3,(H2,22,23,24);1H. The second-order valence-corrected chi connectivity index (χ2v) is 7.43. The fraction of sp³-hybridized carbons (Fsp3) is 0.667. The molecule has 1 heterocycles. The van der Waals surface area contributed by atoms with Gasteiger partial charge in [-0.05, 0) is 38.2 Å². The lowest BCUT2D eigenvalue weighted by Crippen LogP contribution is -2.38. The van der Waals surface area contributed by atoms with Gasteiger partial charge >= 0.3 is 0 Å². The maximum absolute atomic E-state index is 5.76. The van der Waals surface area contributed by atoms with Crippen molar-refractivity contribution in [1.82, 2.24) is 10.6 Å². The van der Waals surface area contributed by atoms with Crippen molar-refractivity contribution >= 4 is 29.9 Å². The van der Waals surface area contributed by atoms with Crippen molar-refractivity contribution in [3.8, 4) is 0 Å². The van der Waals surface area contributed by atoms with Crippen molar-refractivity contribution in [2.75, 3.05) is 46.1 Å². The first-order chi connectivity index (χ1) is 12.8. The van der Waals surface area contributed by atoms with E-state index < -0.39 is 0 Å². The molecule has 5 nitrogen and oxygen atoms in total. The number of nitrogens with one attached hydrogen (secondary N) is 2. The van der Waals surface area contributed by atoms with Crippen molar-refractivity contribution in [1.29, 1.82) is 0 Å². The first kappa shape index (κ1) is 22.4. The first-order valence-corrected chi connectivity index (χ1v) is 10.1. The monoisotopic (exact) mass is 487 g/mol. The Balaban J connectivity index is 0.00000261. The molecule has 2 fully saturated rings. The molecule has 3 rings (SSSR count). The molecule has 152 valence electrons. The van der Waals surface area contributed by atoms with Crippen LogP contribution in [-0.4, -0.2) is 52.0 Å². The zero-order valence-corrected chi connectivity index (χ0v) is 18.7. The molecule has 1 saturated carbocycles. The van der Waals surface area contributed by atoms with E-state index in [-0.39, 0.29) is 29.4 Å². The molecule has 1 unspecified atom stereocenters. The van der Waals surface area contributed by atoms with E-state index in [1.165, 1.54) is 18.4 Å². The van der Waals surface area contributed by atoms with Gasteiger partial charge in [0.05, 0.1) is 19.8 Å². The van der Waals surface area contributed by atoms with Crippen LogP contribution in [0.1, 0.15) is 38.2 Å². The van der Waals surface area contributed by atoms with Crippen LogP contribution in [0.5, 0.6) is 0 Å². The Bertz CT molecular complexity index is 558. The van der Waals surface area contributed by atoms with Gasteiger partial charge in [0.15, 0.2) is 5.96 Å². The highest BCUT2D eigenvalue weighted by Gasteiger charge is 2.43. The number of aliphatic imine (C=N–C) groups is 1. The summed E-state index contributed by atoms with van der Waals surface area (Å²) in [5.41, 5.74) is 1.68. The molecular formula is C21H34IN3O2. The number of rotatable bonds is 10. The molecule has 0 amide bonds. The Morgan fingerprint density at radius 3 is 2.74 bits per heavy atom. The molecule has 0 bridgehead atoms. The van der Waals surface area contributed by atoms with Gasteiger partial charge in [-0.15, -0.1) is 24.0 Å². The fourth-order valence-corrected chi connectivity index (χ4v) is 3.40. The summed E-state index contributed by atoms with van der Waals surface area (Å²) in [5.74, 6) is 1.51. The molecule has 1 aliphatic carbocycles.